The number of ketones is 1. The van der Waals surface area contributed by atoms with Crippen LogP contribution in [0.5, 0.6) is 5.88 Å². The van der Waals surface area contributed by atoms with Gasteiger partial charge in [-0.2, -0.15) is 5.10 Å². The average Bonchev–Trinajstić information content (AvgIpc) is 3.26. The van der Waals surface area contributed by atoms with Crippen LogP contribution < -0.4 is 4.74 Å². The number of aryl methyl sites for hydroxylation is 1. The van der Waals surface area contributed by atoms with E-state index in [2.05, 4.69) is 10.3 Å². The predicted octanol–water partition coefficient (Wildman–Crippen LogP) is 3.85. The number of fused-ring (bicyclic) bond motifs is 1. The van der Waals surface area contributed by atoms with Gasteiger partial charge in [0.2, 0.25) is 5.88 Å². The Kier molecular flexibility index (Phi) is 7.39. The van der Waals surface area contributed by atoms with Gasteiger partial charge in [-0.1, -0.05) is 24.4 Å². The van der Waals surface area contributed by atoms with Crippen molar-refractivity contribution in [3.05, 3.63) is 40.6 Å². The second-order valence-corrected chi connectivity index (χ2v) is 11.0. The molecule has 2 heterocycles. The molecular formula is C25H31N3O6S. The third kappa shape index (κ3) is 4.89. The van der Waals surface area contributed by atoms with Crippen LogP contribution in [-0.2, 0) is 26.0 Å². The zero-order chi connectivity index (χ0) is 25.2. The van der Waals surface area contributed by atoms with Crippen molar-refractivity contribution in [2.24, 2.45) is 11.1 Å². The monoisotopic (exact) mass is 501 g/mol. The molecule has 1 aromatic carbocycles. The van der Waals surface area contributed by atoms with Gasteiger partial charge < -0.3 is 9.57 Å². The van der Waals surface area contributed by atoms with Gasteiger partial charge in [-0.15, -0.1) is 0 Å². The van der Waals surface area contributed by atoms with Crippen molar-refractivity contribution in [3.8, 4) is 5.88 Å². The van der Waals surface area contributed by atoms with Gasteiger partial charge in [0.15, 0.2) is 15.6 Å². The highest BCUT2D eigenvalue weighted by atomic mass is 32.2. The van der Waals surface area contributed by atoms with E-state index in [0.29, 0.717) is 35.6 Å². The molecule has 1 aromatic heterocycles. The van der Waals surface area contributed by atoms with Gasteiger partial charge in [0.05, 0.1) is 28.5 Å². The Hall–Kier alpha value is -3.01. The lowest BCUT2D eigenvalue weighted by Crippen LogP contribution is -2.25. The van der Waals surface area contributed by atoms with E-state index in [1.165, 1.54) is 23.0 Å². The maximum atomic E-state index is 13.7. The van der Waals surface area contributed by atoms with Crippen LogP contribution in [0.25, 0.3) is 0 Å². The van der Waals surface area contributed by atoms with Crippen LogP contribution in [0.1, 0.15) is 79.4 Å². The van der Waals surface area contributed by atoms with Gasteiger partial charge >= 0.3 is 5.97 Å². The number of sulfone groups is 1. The number of rotatable bonds is 7. The molecule has 0 amide bonds. The summed E-state index contributed by atoms with van der Waals surface area (Å²) in [4.78, 5) is 31.9. The lowest BCUT2D eigenvalue weighted by molar-refractivity contribution is -0.140. The van der Waals surface area contributed by atoms with Crippen LogP contribution in [0.15, 0.2) is 28.4 Å². The van der Waals surface area contributed by atoms with Gasteiger partial charge in [0.25, 0.3) is 0 Å². The number of carbonyl (C=O) groups is 2. The molecule has 1 aliphatic carbocycles. The maximum Gasteiger partial charge on any atom is 0.315 e. The molecule has 0 N–H and O–H groups in total. The minimum atomic E-state index is -3.50. The number of ether oxygens (including phenoxy) is 1. The number of oxime groups is 1. The Morgan fingerprint density at radius 3 is 2.57 bits per heavy atom. The summed E-state index contributed by atoms with van der Waals surface area (Å²) < 4.78 is 32.7. The summed E-state index contributed by atoms with van der Waals surface area (Å²) in [5.74, 6) is -0.854. The molecule has 0 unspecified atom stereocenters. The summed E-state index contributed by atoms with van der Waals surface area (Å²) >= 11 is 0. The molecule has 0 saturated heterocycles. The van der Waals surface area contributed by atoms with Crippen molar-refractivity contribution in [2.45, 2.75) is 70.7 Å². The zero-order valence-corrected chi connectivity index (χ0v) is 21.2. The Balaban J connectivity index is 1.74. The van der Waals surface area contributed by atoms with Crippen molar-refractivity contribution in [1.29, 1.82) is 0 Å². The summed E-state index contributed by atoms with van der Waals surface area (Å²) in [6.45, 7) is 6.11. The third-order valence-corrected chi connectivity index (χ3v) is 8.43. The molecule has 188 valence electrons. The van der Waals surface area contributed by atoms with E-state index in [-0.39, 0.29) is 40.4 Å². The minimum Gasteiger partial charge on any atom is -0.407 e. The number of esters is 1. The maximum absolute atomic E-state index is 13.7. The van der Waals surface area contributed by atoms with Crippen molar-refractivity contribution in [2.75, 3.05) is 12.4 Å². The first-order valence-electron chi connectivity index (χ1n) is 12.2. The largest absolute Gasteiger partial charge is 0.407 e. The predicted molar refractivity (Wildman–Crippen MR) is 130 cm³/mol. The molecule has 0 atom stereocenters. The number of nitrogens with zero attached hydrogens (tertiary/aromatic N) is 3. The van der Waals surface area contributed by atoms with Gasteiger partial charge in [0.1, 0.15) is 12.2 Å². The molecular weight excluding hydrogens is 470 g/mol. The molecule has 4 rings (SSSR count). The Morgan fingerprint density at radius 1 is 1.14 bits per heavy atom. The van der Waals surface area contributed by atoms with E-state index >= 15 is 0 Å². The van der Waals surface area contributed by atoms with E-state index < -0.39 is 15.6 Å². The molecule has 0 bridgehead atoms. The number of aromatic nitrogens is 2. The van der Waals surface area contributed by atoms with E-state index in [1.807, 2.05) is 6.92 Å². The highest BCUT2D eigenvalue weighted by Crippen LogP contribution is 2.33. The Bertz CT molecular complexity index is 1270. The van der Waals surface area contributed by atoms with Crippen molar-refractivity contribution in [3.63, 3.8) is 0 Å². The van der Waals surface area contributed by atoms with Crippen LogP contribution in [0.4, 0.5) is 0 Å². The zero-order valence-electron chi connectivity index (χ0n) is 20.4. The van der Waals surface area contributed by atoms with Gasteiger partial charge in [-0.05, 0) is 51.3 Å². The molecule has 2 aliphatic rings. The molecule has 9 nitrogen and oxygen atoms in total. The lowest BCUT2D eigenvalue weighted by Gasteiger charge is -2.22. The second kappa shape index (κ2) is 10.3. The fraction of sp³-hybridized carbons (Fsp3) is 0.520. The summed E-state index contributed by atoms with van der Waals surface area (Å²) in [7, 11) is -3.50. The van der Waals surface area contributed by atoms with Crippen molar-refractivity contribution in [1.82, 2.24) is 9.78 Å². The van der Waals surface area contributed by atoms with Gasteiger partial charge in [0, 0.05) is 24.1 Å². The Morgan fingerprint density at radius 2 is 1.89 bits per heavy atom. The first-order chi connectivity index (χ1) is 16.8. The molecule has 10 heteroatoms. The summed E-state index contributed by atoms with van der Waals surface area (Å²) in [6.07, 6.45) is 6.25. The number of hydrogen-bond acceptors (Lipinski definition) is 8. The Labute approximate surface area is 205 Å². The van der Waals surface area contributed by atoms with Crippen LogP contribution in [0.3, 0.4) is 0 Å². The molecule has 1 saturated carbocycles. The molecule has 0 spiro atoms. The first-order valence-corrected chi connectivity index (χ1v) is 13.8. The topological polar surface area (TPSA) is 117 Å². The smallest absolute Gasteiger partial charge is 0.315 e. The van der Waals surface area contributed by atoms with E-state index in [9.17, 15) is 18.0 Å². The van der Waals surface area contributed by atoms with Gasteiger partial charge in [-0.3, -0.25) is 9.59 Å². The number of hydrogen-bond donors (Lipinski definition) is 0. The van der Waals surface area contributed by atoms with Crippen molar-refractivity contribution >= 4 is 27.3 Å². The van der Waals surface area contributed by atoms with E-state index in [0.717, 1.165) is 32.1 Å². The summed E-state index contributed by atoms with van der Waals surface area (Å²) in [5, 5.41) is 8.38. The normalized spacial score (nSPS) is 18.8. The summed E-state index contributed by atoms with van der Waals surface area (Å²) in [6, 6.07) is 2.96. The van der Waals surface area contributed by atoms with Crippen LogP contribution in [0.2, 0.25) is 0 Å². The molecule has 0 radical (unpaired) electrons. The standard InChI is InChI=1S/C25H31N3O6S/c1-4-28-24(34-25(30)17-9-7-6-8-10-17)19(15-26-28)23(29)18-11-12-21-22(16(18)3)20(27-33-5-2)13-14-35(21,31)32/h11-12,15,17H,4-10,13-14H2,1-3H3/b27-20-. The van der Waals surface area contributed by atoms with Gasteiger partial charge in [-0.25, -0.2) is 13.1 Å². The highest BCUT2D eigenvalue weighted by Gasteiger charge is 2.33. The lowest BCUT2D eigenvalue weighted by atomic mass is 9.89. The second-order valence-electron chi connectivity index (χ2n) is 8.90. The number of benzene rings is 1. The molecule has 1 fully saturated rings. The van der Waals surface area contributed by atoms with Crippen LogP contribution >= 0.6 is 0 Å². The van der Waals surface area contributed by atoms with E-state index in [4.69, 9.17) is 9.57 Å². The van der Waals surface area contributed by atoms with E-state index in [1.54, 1.807) is 13.8 Å². The molecule has 35 heavy (non-hydrogen) atoms. The van der Waals surface area contributed by atoms with Crippen molar-refractivity contribution < 1.29 is 27.6 Å². The number of carbonyl (C=O) groups excluding carboxylic acids is 2. The quantitative estimate of drug-likeness (QED) is 0.321. The molecule has 2 aromatic rings. The average molecular weight is 502 g/mol. The SMILES string of the molecule is CCO/N=C1/CCS(=O)(=O)c2ccc(C(=O)c3cnn(CC)c3OC(=O)C3CCCCC3)c(C)c21. The minimum absolute atomic E-state index is 0.0663. The first kappa shape index (κ1) is 25.1. The van der Waals surface area contributed by atoms with Crippen LogP contribution in [-0.4, -0.2) is 48.0 Å². The third-order valence-electron chi connectivity index (χ3n) is 6.68. The van der Waals surface area contributed by atoms with Crippen LogP contribution in [0, 0.1) is 12.8 Å². The molecule has 1 aliphatic heterocycles. The fourth-order valence-corrected chi connectivity index (χ4v) is 6.31. The fourth-order valence-electron chi connectivity index (χ4n) is 4.78. The summed E-state index contributed by atoms with van der Waals surface area (Å²) in [5.41, 5.74) is 1.86. The highest BCUT2D eigenvalue weighted by molar-refractivity contribution is 7.91.